The molecule has 0 aromatic heterocycles. The fourth-order valence-electron chi connectivity index (χ4n) is 3.87. The van der Waals surface area contributed by atoms with E-state index in [9.17, 15) is 23.4 Å². The molecule has 4 amide bonds. The molecule has 2 fully saturated rings. The molecule has 0 bridgehead atoms. The molecule has 1 aromatic carbocycles. The molecule has 1 saturated heterocycles. The van der Waals surface area contributed by atoms with Crippen LogP contribution in [0.2, 0.25) is 0 Å². The van der Waals surface area contributed by atoms with Crippen molar-refractivity contribution in [1.82, 2.24) is 9.80 Å². The zero-order valence-corrected chi connectivity index (χ0v) is 19.4. The zero-order chi connectivity index (χ0) is 24.5. The monoisotopic (exact) mass is 482 g/mol. The topological polar surface area (TPSA) is 155 Å². The highest BCUT2D eigenvalue weighted by atomic mass is 32.2. The average Bonchev–Trinajstić information content (AvgIpc) is 3.55. The van der Waals surface area contributed by atoms with Crippen LogP contribution in [0.4, 0.5) is 16.2 Å². The largest absolute Gasteiger partial charge is 0.494 e. The lowest BCUT2D eigenvalue weighted by molar-refractivity contribution is -0.147. The summed E-state index contributed by atoms with van der Waals surface area (Å²) in [5, 5.41) is 2.56. The molecule has 0 spiro atoms. The van der Waals surface area contributed by atoms with Crippen molar-refractivity contribution in [2.24, 2.45) is 5.41 Å². The second-order valence-corrected chi connectivity index (χ2v) is 8.55. The van der Waals surface area contributed by atoms with Crippen LogP contribution in [0.15, 0.2) is 18.2 Å². The average molecular weight is 483 g/mol. The number of nitrogens with one attached hydrogen (secondary N) is 2. The highest BCUT2D eigenvalue weighted by Gasteiger charge is 2.58. The summed E-state index contributed by atoms with van der Waals surface area (Å²) in [4.78, 5) is 54.2. The number of hydrogen-bond acceptors (Lipinski definition) is 7. The van der Waals surface area contributed by atoms with Crippen LogP contribution >= 0.6 is 0 Å². The van der Waals surface area contributed by atoms with E-state index in [4.69, 9.17) is 14.0 Å². The van der Waals surface area contributed by atoms with Crippen molar-refractivity contribution in [3.8, 4) is 5.75 Å². The first-order valence-electron chi connectivity index (χ1n) is 10.1. The van der Waals surface area contributed by atoms with E-state index in [1.54, 1.807) is 0 Å². The summed E-state index contributed by atoms with van der Waals surface area (Å²) >= 11 is -2.32. The summed E-state index contributed by atoms with van der Waals surface area (Å²) in [5.41, 5.74) is -0.377. The Bertz CT molecular complexity index is 1010. The minimum absolute atomic E-state index is 0.132. The minimum Gasteiger partial charge on any atom is -0.494 e. The van der Waals surface area contributed by atoms with Gasteiger partial charge in [-0.3, -0.25) is 28.6 Å². The zero-order valence-electron chi connectivity index (χ0n) is 18.6. The highest BCUT2D eigenvalue weighted by Crippen LogP contribution is 2.51. The Balaban J connectivity index is 1.96. The second kappa shape index (κ2) is 9.45. The number of Topliss-reactive ketones (excluding diaryl/α,β-unsaturated/α-hetero) is 1. The number of likely N-dealkylation sites (N-methyl/N-ethyl adjacent to an activating group) is 1. The van der Waals surface area contributed by atoms with E-state index < -0.39 is 52.6 Å². The fourth-order valence-corrected chi connectivity index (χ4v) is 4.20. The van der Waals surface area contributed by atoms with E-state index in [0.717, 1.165) is 4.90 Å². The number of ketones is 1. The van der Waals surface area contributed by atoms with Crippen molar-refractivity contribution < 1.29 is 37.4 Å². The van der Waals surface area contributed by atoms with Gasteiger partial charge in [-0.1, -0.05) is 6.92 Å². The van der Waals surface area contributed by atoms with Gasteiger partial charge in [0, 0.05) is 25.6 Å². The quantitative estimate of drug-likeness (QED) is 0.255. The van der Waals surface area contributed by atoms with Gasteiger partial charge in [0.05, 0.1) is 18.5 Å². The lowest BCUT2D eigenvalue weighted by Gasteiger charge is -2.27. The van der Waals surface area contributed by atoms with E-state index in [1.807, 2.05) is 6.92 Å². The smallest absolute Gasteiger partial charge is 0.330 e. The number of anilines is 2. The first-order chi connectivity index (χ1) is 15.6. The molecule has 1 heterocycles. The third-order valence-corrected chi connectivity index (χ3v) is 6.41. The SMILES string of the molecule is CCC1(C(=O)C(C(=O)Nc2ccc(NS(=O)O)cc2OC)N2C(=O)C(OC)N(C)C2=O)CC1. The Labute approximate surface area is 193 Å². The van der Waals surface area contributed by atoms with E-state index in [2.05, 4.69) is 10.0 Å². The van der Waals surface area contributed by atoms with Gasteiger partial charge in [0.25, 0.3) is 23.1 Å². The molecule has 2 aliphatic rings. The number of rotatable bonds is 10. The maximum absolute atomic E-state index is 13.4. The number of carbonyl (C=O) groups is 4. The summed E-state index contributed by atoms with van der Waals surface area (Å²) in [6.07, 6.45) is 0.357. The molecule has 33 heavy (non-hydrogen) atoms. The van der Waals surface area contributed by atoms with Crippen molar-refractivity contribution in [3.05, 3.63) is 18.2 Å². The van der Waals surface area contributed by atoms with Crippen LogP contribution < -0.4 is 14.8 Å². The van der Waals surface area contributed by atoms with Gasteiger partial charge in [-0.05, 0) is 31.4 Å². The summed E-state index contributed by atoms with van der Waals surface area (Å²) in [7, 11) is 3.93. The Hall–Kier alpha value is -3.03. The molecule has 13 heteroatoms. The number of nitrogens with zero attached hydrogens (tertiary/aromatic N) is 2. The normalized spacial score (nSPS) is 20.9. The van der Waals surface area contributed by atoms with Gasteiger partial charge in [-0.25, -0.2) is 13.9 Å². The van der Waals surface area contributed by atoms with Gasteiger partial charge in [0.2, 0.25) is 6.23 Å². The highest BCUT2D eigenvalue weighted by molar-refractivity contribution is 7.80. The number of ether oxygens (including phenoxy) is 2. The Morgan fingerprint density at radius 3 is 2.45 bits per heavy atom. The first kappa shape index (κ1) is 24.6. The molecule has 1 saturated carbocycles. The summed E-state index contributed by atoms with van der Waals surface area (Å²) in [6, 6.07) is 1.68. The van der Waals surface area contributed by atoms with E-state index in [1.165, 1.54) is 39.5 Å². The van der Waals surface area contributed by atoms with Crippen LogP contribution in [-0.4, -0.2) is 75.7 Å². The predicted molar refractivity (Wildman–Crippen MR) is 118 cm³/mol. The van der Waals surface area contributed by atoms with Crippen molar-refractivity contribution in [2.45, 2.75) is 38.5 Å². The Morgan fingerprint density at radius 2 is 1.97 bits per heavy atom. The summed E-state index contributed by atoms with van der Waals surface area (Å²) in [5.74, 6) is -2.06. The van der Waals surface area contributed by atoms with Gasteiger partial charge in [0.15, 0.2) is 11.8 Å². The van der Waals surface area contributed by atoms with Crippen molar-refractivity contribution >= 4 is 46.3 Å². The second-order valence-electron chi connectivity index (χ2n) is 7.85. The maximum Gasteiger partial charge on any atom is 0.330 e. The first-order valence-corrected chi connectivity index (χ1v) is 11.2. The van der Waals surface area contributed by atoms with E-state index >= 15 is 0 Å². The molecule has 180 valence electrons. The van der Waals surface area contributed by atoms with Crippen molar-refractivity contribution in [1.29, 1.82) is 0 Å². The number of amides is 4. The summed E-state index contributed by atoms with van der Waals surface area (Å²) < 4.78 is 32.5. The van der Waals surface area contributed by atoms with Crippen LogP contribution in [0.5, 0.6) is 5.75 Å². The third-order valence-electron chi connectivity index (χ3n) is 6.00. The molecular formula is C20H26N4O8S. The molecule has 1 aliphatic carbocycles. The van der Waals surface area contributed by atoms with Gasteiger partial charge in [-0.2, -0.15) is 0 Å². The number of benzene rings is 1. The molecule has 3 unspecified atom stereocenters. The minimum atomic E-state index is -2.32. The standard InChI is InChI=1S/C20H26N4O8S/c1-5-20(8-9-20)15(25)14(24-17(27)18(32-4)23(2)19(24)28)16(26)21-12-7-6-11(22-33(29)30)10-13(12)31-3/h6-7,10,14,18,22H,5,8-9H2,1-4H3,(H,21,26)(H,29,30). The van der Waals surface area contributed by atoms with Crippen molar-refractivity contribution in [2.75, 3.05) is 31.3 Å². The van der Waals surface area contributed by atoms with Gasteiger partial charge >= 0.3 is 6.03 Å². The molecule has 0 radical (unpaired) electrons. The molecular weight excluding hydrogens is 456 g/mol. The predicted octanol–water partition coefficient (Wildman–Crippen LogP) is 1.18. The van der Waals surface area contributed by atoms with Crippen LogP contribution in [0.1, 0.15) is 26.2 Å². The van der Waals surface area contributed by atoms with Crippen LogP contribution in [0.3, 0.4) is 0 Å². The van der Waals surface area contributed by atoms with Crippen molar-refractivity contribution in [3.63, 3.8) is 0 Å². The lowest BCUT2D eigenvalue weighted by atomic mass is 9.91. The van der Waals surface area contributed by atoms with E-state index in [0.29, 0.717) is 24.2 Å². The number of methoxy groups -OCH3 is 2. The van der Waals surface area contributed by atoms with Gasteiger partial charge in [-0.15, -0.1) is 0 Å². The number of urea groups is 1. The maximum atomic E-state index is 13.4. The molecule has 3 N–H and O–H groups in total. The van der Waals surface area contributed by atoms with Crippen LogP contribution in [-0.2, 0) is 30.4 Å². The number of imide groups is 1. The number of carbonyl (C=O) groups excluding carboxylic acids is 4. The van der Waals surface area contributed by atoms with Gasteiger partial charge in [0.1, 0.15) is 5.75 Å². The molecule has 3 rings (SSSR count). The third kappa shape index (κ3) is 4.56. The molecule has 12 nitrogen and oxygen atoms in total. The Morgan fingerprint density at radius 1 is 1.30 bits per heavy atom. The lowest BCUT2D eigenvalue weighted by Crippen LogP contribution is -2.54. The van der Waals surface area contributed by atoms with Crippen LogP contribution in [0.25, 0.3) is 0 Å². The van der Waals surface area contributed by atoms with Gasteiger partial charge < -0.3 is 14.8 Å². The molecule has 1 aromatic rings. The molecule has 3 atom stereocenters. The fraction of sp³-hybridized carbons (Fsp3) is 0.500. The molecule has 1 aliphatic heterocycles. The summed E-state index contributed by atoms with van der Waals surface area (Å²) in [6.45, 7) is 1.82. The number of hydrogen-bond donors (Lipinski definition) is 3. The Kier molecular flexibility index (Phi) is 7.05. The van der Waals surface area contributed by atoms with Crippen LogP contribution in [0, 0.1) is 5.41 Å². The van der Waals surface area contributed by atoms with E-state index in [-0.39, 0.29) is 17.1 Å².